The van der Waals surface area contributed by atoms with Crippen LogP contribution in [0.25, 0.3) is 0 Å². The molecule has 1 aliphatic carbocycles. The van der Waals surface area contributed by atoms with Crippen molar-refractivity contribution >= 4 is 5.91 Å². The molecule has 5 heteroatoms. The quantitative estimate of drug-likeness (QED) is 0.853. The summed E-state index contributed by atoms with van der Waals surface area (Å²) in [6.07, 6.45) is 4.98. The number of carbonyl (C=O) groups is 1. The van der Waals surface area contributed by atoms with Crippen molar-refractivity contribution < 1.29 is 9.53 Å². The molecule has 0 bridgehead atoms. The smallest absolute Gasteiger partial charge is 0.241 e. The summed E-state index contributed by atoms with van der Waals surface area (Å²) in [4.78, 5) is 12.5. The molecule has 2 aliphatic rings. The maximum absolute atomic E-state index is 12.5. The van der Waals surface area contributed by atoms with E-state index >= 15 is 0 Å². The molecule has 3 atom stereocenters. The van der Waals surface area contributed by atoms with Crippen LogP contribution in [-0.2, 0) is 16.1 Å². The molecule has 2 fully saturated rings. The van der Waals surface area contributed by atoms with Crippen LogP contribution in [0.1, 0.15) is 20.3 Å². The van der Waals surface area contributed by atoms with E-state index in [4.69, 9.17) is 10.5 Å². The topological polar surface area (TPSA) is 69.3 Å². The van der Waals surface area contributed by atoms with Gasteiger partial charge in [-0.3, -0.25) is 4.79 Å². The molecular weight excluding hydrogens is 254 g/mol. The fourth-order valence-electron chi connectivity index (χ4n) is 3.81. The fourth-order valence-corrected chi connectivity index (χ4v) is 3.81. The van der Waals surface area contributed by atoms with Crippen LogP contribution < -0.4 is 11.1 Å². The van der Waals surface area contributed by atoms with E-state index in [1.165, 1.54) is 0 Å². The second-order valence-corrected chi connectivity index (χ2v) is 6.45. The van der Waals surface area contributed by atoms with Crippen LogP contribution in [0.15, 0.2) is 24.5 Å². The summed E-state index contributed by atoms with van der Waals surface area (Å²) in [5, 5.41) is 2.99. The van der Waals surface area contributed by atoms with Crippen molar-refractivity contribution in [2.24, 2.45) is 17.1 Å². The maximum atomic E-state index is 12.5. The largest absolute Gasteiger partial charge is 0.377 e. The van der Waals surface area contributed by atoms with E-state index in [-0.39, 0.29) is 23.3 Å². The molecule has 1 saturated carbocycles. The zero-order valence-electron chi connectivity index (χ0n) is 12.1. The molecule has 1 aromatic heterocycles. The molecule has 1 saturated heterocycles. The SMILES string of the molecule is CC1(C)C2OCCC2C1(N)C(=O)NCCn1cccc1. The number of carbonyl (C=O) groups excluding carboxylic acids is 1. The number of ether oxygens (including phenoxy) is 1. The van der Waals surface area contributed by atoms with Crippen molar-refractivity contribution in [3.8, 4) is 0 Å². The van der Waals surface area contributed by atoms with E-state index < -0.39 is 5.54 Å². The van der Waals surface area contributed by atoms with E-state index in [9.17, 15) is 4.79 Å². The number of nitrogens with two attached hydrogens (primary N) is 1. The van der Waals surface area contributed by atoms with Crippen LogP contribution in [0, 0.1) is 11.3 Å². The third-order valence-electron chi connectivity index (χ3n) is 5.15. The number of aromatic nitrogens is 1. The Morgan fingerprint density at radius 2 is 2.15 bits per heavy atom. The van der Waals surface area contributed by atoms with E-state index in [0.717, 1.165) is 13.0 Å². The second-order valence-electron chi connectivity index (χ2n) is 6.45. The summed E-state index contributed by atoms with van der Waals surface area (Å²) in [5.41, 5.74) is 5.37. The number of amides is 1. The van der Waals surface area contributed by atoms with Gasteiger partial charge in [-0.2, -0.15) is 0 Å². The molecule has 0 spiro atoms. The van der Waals surface area contributed by atoms with Gasteiger partial charge in [-0.05, 0) is 18.6 Å². The van der Waals surface area contributed by atoms with Gasteiger partial charge >= 0.3 is 0 Å². The number of hydrogen-bond donors (Lipinski definition) is 2. The first-order chi connectivity index (χ1) is 9.48. The average Bonchev–Trinajstić information content (AvgIpc) is 3.07. The number of fused-ring (bicyclic) bond motifs is 1. The lowest BCUT2D eigenvalue weighted by molar-refractivity contribution is -0.175. The van der Waals surface area contributed by atoms with Gasteiger partial charge in [0.25, 0.3) is 0 Å². The molecule has 0 radical (unpaired) electrons. The first-order valence-corrected chi connectivity index (χ1v) is 7.27. The Labute approximate surface area is 119 Å². The van der Waals surface area contributed by atoms with Crippen molar-refractivity contribution in [2.75, 3.05) is 13.2 Å². The molecule has 110 valence electrons. The lowest BCUT2D eigenvalue weighted by Crippen LogP contribution is -2.80. The first kappa shape index (κ1) is 13.6. The Morgan fingerprint density at radius 1 is 1.45 bits per heavy atom. The fraction of sp³-hybridized carbons (Fsp3) is 0.667. The summed E-state index contributed by atoms with van der Waals surface area (Å²) in [6.45, 7) is 6.14. The molecule has 5 nitrogen and oxygen atoms in total. The minimum atomic E-state index is -0.801. The highest BCUT2D eigenvalue weighted by Crippen LogP contribution is 2.58. The lowest BCUT2D eigenvalue weighted by Gasteiger charge is -2.60. The van der Waals surface area contributed by atoms with Gasteiger partial charge in [0.2, 0.25) is 5.91 Å². The van der Waals surface area contributed by atoms with Gasteiger partial charge in [0.05, 0.1) is 6.10 Å². The zero-order chi connectivity index (χ0) is 14.4. The minimum Gasteiger partial charge on any atom is -0.377 e. The first-order valence-electron chi connectivity index (χ1n) is 7.27. The maximum Gasteiger partial charge on any atom is 0.241 e. The van der Waals surface area contributed by atoms with Crippen LogP contribution in [0.5, 0.6) is 0 Å². The molecule has 1 aromatic rings. The van der Waals surface area contributed by atoms with Crippen LogP contribution >= 0.6 is 0 Å². The highest BCUT2D eigenvalue weighted by molar-refractivity contribution is 5.89. The van der Waals surface area contributed by atoms with Crippen LogP contribution in [0.3, 0.4) is 0 Å². The van der Waals surface area contributed by atoms with E-state index in [2.05, 4.69) is 5.32 Å². The van der Waals surface area contributed by atoms with Crippen molar-refractivity contribution in [3.63, 3.8) is 0 Å². The van der Waals surface area contributed by atoms with Crippen LogP contribution in [0.4, 0.5) is 0 Å². The van der Waals surface area contributed by atoms with E-state index in [1.54, 1.807) is 0 Å². The van der Waals surface area contributed by atoms with E-state index in [1.807, 2.05) is 42.9 Å². The number of nitrogens with zero attached hydrogens (tertiary/aromatic N) is 1. The Hall–Kier alpha value is -1.33. The van der Waals surface area contributed by atoms with Crippen molar-refractivity contribution in [2.45, 2.75) is 38.5 Å². The standard InChI is InChI=1S/C15H23N3O2/c1-14(2)12-11(5-10-20-12)15(14,16)13(19)17-6-9-18-7-3-4-8-18/h3-4,7-8,11-12H,5-6,9-10,16H2,1-2H3,(H,17,19). The van der Waals surface area contributed by atoms with Crippen molar-refractivity contribution in [3.05, 3.63) is 24.5 Å². The summed E-state index contributed by atoms with van der Waals surface area (Å²) < 4.78 is 7.75. The van der Waals surface area contributed by atoms with Gasteiger partial charge in [-0.15, -0.1) is 0 Å². The Balaban J connectivity index is 1.61. The van der Waals surface area contributed by atoms with Crippen molar-refractivity contribution in [1.82, 2.24) is 9.88 Å². The van der Waals surface area contributed by atoms with Gasteiger partial charge in [-0.25, -0.2) is 0 Å². The molecule has 20 heavy (non-hydrogen) atoms. The molecule has 0 aromatic carbocycles. The molecule has 3 rings (SSSR count). The Bertz CT molecular complexity index is 497. The molecule has 3 unspecified atom stereocenters. The third kappa shape index (κ3) is 1.73. The lowest BCUT2D eigenvalue weighted by atomic mass is 9.48. The third-order valence-corrected chi connectivity index (χ3v) is 5.15. The predicted octanol–water partition coefficient (Wildman–Crippen LogP) is 0.747. The van der Waals surface area contributed by atoms with Gasteiger partial charge in [0.1, 0.15) is 5.54 Å². The molecule has 1 amide bonds. The summed E-state index contributed by atoms with van der Waals surface area (Å²) in [6, 6.07) is 3.95. The number of hydrogen-bond acceptors (Lipinski definition) is 3. The van der Waals surface area contributed by atoms with Crippen LogP contribution in [-0.4, -0.2) is 35.3 Å². The Morgan fingerprint density at radius 3 is 2.85 bits per heavy atom. The van der Waals surface area contributed by atoms with Gasteiger partial charge < -0.3 is 20.4 Å². The molecule has 3 N–H and O–H groups in total. The molecule has 1 aliphatic heterocycles. The summed E-state index contributed by atoms with van der Waals surface area (Å²) in [5.74, 6) is 0.116. The zero-order valence-corrected chi connectivity index (χ0v) is 12.1. The van der Waals surface area contributed by atoms with E-state index in [0.29, 0.717) is 13.2 Å². The molecule has 2 heterocycles. The number of nitrogens with one attached hydrogen (secondary N) is 1. The highest BCUT2D eigenvalue weighted by Gasteiger charge is 2.71. The van der Waals surface area contributed by atoms with Gasteiger partial charge in [-0.1, -0.05) is 13.8 Å². The van der Waals surface area contributed by atoms with Gasteiger partial charge in [0.15, 0.2) is 0 Å². The molecular formula is C15H23N3O2. The van der Waals surface area contributed by atoms with Crippen molar-refractivity contribution in [1.29, 1.82) is 0 Å². The average molecular weight is 277 g/mol. The number of rotatable bonds is 4. The van der Waals surface area contributed by atoms with Crippen LogP contribution in [0.2, 0.25) is 0 Å². The van der Waals surface area contributed by atoms with Gasteiger partial charge in [0, 0.05) is 43.4 Å². The predicted molar refractivity (Wildman–Crippen MR) is 76.0 cm³/mol. The highest BCUT2D eigenvalue weighted by atomic mass is 16.5. The minimum absolute atomic E-state index is 0.0404. The normalized spacial score (nSPS) is 34.4. The monoisotopic (exact) mass is 277 g/mol. The second kappa shape index (κ2) is 4.60. The summed E-state index contributed by atoms with van der Waals surface area (Å²) in [7, 11) is 0. The Kier molecular flexibility index (Phi) is 3.14. The summed E-state index contributed by atoms with van der Waals surface area (Å²) >= 11 is 0.